The summed E-state index contributed by atoms with van der Waals surface area (Å²) >= 11 is 0. The molecule has 6 heteroatoms. The summed E-state index contributed by atoms with van der Waals surface area (Å²) in [5.41, 5.74) is 1.58. The minimum Gasteiger partial charge on any atom is -0.345 e. The number of rotatable bonds is 3. The van der Waals surface area contributed by atoms with E-state index >= 15 is 0 Å². The van der Waals surface area contributed by atoms with Crippen LogP contribution in [-0.4, -0.2) is 15.7 Å². The summed E-state index contributed by atoms with van der Waals surface area (Å²) in [6.45, 7) is 3.66. The van der Waals surface area contributed by atoms with Gasteiger partial charge in [-0.1, -0.05) is 0 Å². The number of nitrogens with zero attached hydrogens (tertiary/aromatic N) is 2. The van der Waals surface area contributed by atoms with Crippen molar-refractivity contribution in [2.24, 2.45) is 7.05 Å². The smallest absolute Gasteiger partial charge is 0.254 e. The van der Waals surface area contributed by atoms with Crippen molar-refractivity contribution in [1.82, 2.24) is 15.1 Å². The first kappa shape index (κ1) is 14.2. The zero-order chi connectivity index (χ0) is 14.9. The third kappa shape index (κ3) is 2.68. The normalized spacial score (nSPS) is 12.2. The van der Waals surface area contributed by atoms with Crippen LogP contribution in [0.2, 0.25) is 0 Å². The number of hydrogen-bond donors (Lipinski definition) is 1. The molecule has 0 aliphatic heterocycles. The lowest BCUT2D eigenvalue weighted by Gasteiger charge is -2.14. The molecule has 1 aromatic heterocycles. The van der Waals surface area contributed by atoms with Crippen molar-refractivity contribution in [1.29, 1.82) is 0 Å². The molecule has 2 rings (SSSR count). The Morgan fingerprint density at radius 1 is 1.40 bits per heavy atom. The predicted octanol–water partition coefficient (Wildman–Crippen LogP) is 2.50. The van der Waals surface area contributed by atoms with Gasteiger partial charge in [-0.3, -0.25) is 9.48 Å². The molecule has 0 bridgehead atoms. The molecule has 0 aliphatic carbocycles. The lowest BCUT2D eigenvalue weighted by Crippen LogP contribution is -2.27. The minimum atomic E-state index is -0.877. The first-order valence-electron chi connectivity index (χ1n) is 6.14. The maximum absolute atomic E-state index is 13.5. The highest BCUT2D eigenvalue weighted by Crippen LogP contribution is 2.17. The Morgan fingerprint density at radius 3 is 2.65 bits per heavy atom. The van der Waals surface area contributed by atoms with Crippen molar-refractivity contribution in [3.05, 3.63) is 52.9 Å². The van der Waals surface area contributed by atoms with Gasteiger partial charge in [-0.05, 0) is 26.0 Å². The van der Waals surface area contributed by atoms with Gasteiger partial charge < -0.3 is 5.32 Å². The van der Waals surface area contributed by atoms with Gasteiger partial charge in [0.15, 0.2) is 0 Å². The highest BCUT2D eigenvalue weighted by Gasteiger charge is 2.18. The summed E-state index contributed by atoms with van der Waals surface area (Å²) in [5.74, 6) is -2.17. The zero-order valence-electron chi connectivity index (χ0n) is 11.4. The summed E-state index contributed by atoms with van der Waals surface area (Å²) < 4.78 is 28.0. The van der Waals surface area contributed by atoms with Crippen LogP contribution in [0.3, 0.4) is 0 Å². The van der Waals surface area contributed by atoms with E-state index in [-0.39, 0.29) is 11.6 Å². The Bertz CT molecular complexity index is 652. The van der Waals surface area contributed by atoms with Gasteiger partial charge in [-0.2, -0.15) is 5.10 Å². The molecule has 0 saturated heterocycles. The Labute approximate surface area is 115 Å². The Hall–Kier alpha value is -2.24. The standard InChI is InChI=1S/C14H15F2N3O/c1-8(12-7-17-19(3)9(12)2)18-14(20)11-5-4-10(15)6-13(11)16/h4-8H,1-3H3,(H,18,20). The van der Waals surface area contributed by atoms with E-state index in [2.05, 4.69) is 10.4 Å². The summed E-state index contributed by atoms with van der Waals surface area (Å²) in [7, 11) is 1.80. The van der Waals surface area contributed by atoms with Crippen molar-refractivity contribution in [3.8, 4) is 0 Å². The van der Waals surface area contributed by atoms with Crippen LogP contribution in [0.5, 0.6) is 0 Å². The number of aryl methyl sites for hydroxylation is 1. The third-order valence-electron chi connectivity index (χ3n) is 3.26. The molecular formula is C14H15F2N3O. The van der Waals surface area contributed by atoms with E-state index in [1.165, 1.54) is 0 Å². The summed E-state index contributed by atoms with van der Waals surface area (Å²) in [4.78, 5) is 12.0. The van der Waals surface area contributed by atoms with Gasteiger partial charge >= 0.3 is 0 Å². The Balaban J connectivity index is 2.17. The van der Waals surface area contributed by atoms with Crippen LogP contribution in [-0.2, 0) is 7.05 Å². The molecule has 1 aromatic carbocycles. The topological polar surface area (TPSA) is 46.9 Å². The molecule has 1 amide bonds. The molecule has 2 aromatic rings. The molecule has 1 atom stereocenters. The van der Waals surface area contributed by atoms with E-state index in [0.29, 0.717) is 6.07 Å². The Kier molecular flexibility index (Phi) is 3.83. The molecule has 0 spiro atoms. The summed E-state index contributed by atoms with van der Waals surface area (Å²) in [6, 6.07) is 2.55. The molecule has 0 fully saturated rings. The van der Waals surface area contributed by atoms with Crippen LogP contribution in [0.4, 0.5) is 8.78 Å². The second kappa shape index (κ2) is 5.40. The third-order valence-corrected chi connectivity index (χ3v) is 3.26. The average Bonchev–Trinajstić information content (AvgIpc) is 2.69. The van der Waals surface area contributed by atoms with E-state index in [9.17, 15) is 13.6 Å². The average molecular weight is 279 g/mol. The summed E-state index contributed by atoms with van der Waals surface area (Å²) in [6.07, 6.45) is 1.65. The van der Waals surface area contributed by atoms with Gasteiger partial charge in [-0.15, -0.1) is 0 Å². The maximum atomic E-state index is 13.5. The SMILES string of the molecule is Cc1c(C(C)NC(=O)c2ccc(F)cc2F)cnn1C. The van der Waals surface area contributed by atoms with Gasteiger partial charge in [0.25, 0.3) is 5.91 Å². The number of hydrogen-bond acceptors (Lipinski definition) is 2. The lowest BCUT2D eigenvalue weighted by atomic mass is 10.1. The van der Waals surface area contributed by atoms with Crippen LogP contribution in [0.1, 0.15) is 34.6 Å². The largest absolute Gasteiger partial charge is 0.345 e. The number of halogens is 2. The molecule has 106 valence electrons. The van der Waals surface area contributed by atoms with Gasteiger partial charge in [0.2, 0.25) is 0 Å². The fraction of sp³-hybridized carbons (Fsp3) is 0.286. The maximum Gasteiger partial charge on any atom is 0.254 e. The molecule has 0 saturated carbocycles. The summed E-state index contributed by atoms with van der Waals surface area (Å²) in [5, 5.41) is 6.76. The van der Waals surface area contributed by atoms with Crippen molar-refractivity contribution in [2.45, 2.75) is 19.9 Å². The second-order valence-corrected chi connectivity index (χ2v) is 4.63. The monoisotopic (exact) mass is 279 g/mol. The first-order valence-corrected chi connectivity index (χ1v) is 6.14. The molecule has 1 unspecified atom stereocenters. The van der Waals surface area contributed by atoms with Crippen LogP contribution in [0.25, 0.3) is 0 Å². The number of amides is 1. The van der Waals surface area contributed by atoms with Gasteiger partial charge in [0.1, 0.15) is 11.6 Å². The number of aromatic nitrogens is 2. The van der Waals surface area contributed by atoms with E-state index in [1.54, 1.807) is 24.9 Å². The van der Waals surface area contributed by atoms with Crippen molar-refractivity contribution in [2.75, 3.05) is 0 Å². The number of benzene rings is 1. The van der Waals surface area contributed by atoms with Crippen molar-refractivity contribution < 1.29 is 13.6 Å². The molecule has 0 aliphatic rings. The molecule has 4 nitrogen and oxygen atoms in total. The van der Waals surface area contributed by atoms with Crippen LogP contribution in [0, 0.1) is 18.6 Å². The first-order chi connectivity index (χ1) is 9.40. The minimum absolute atomic E-state index is 0.181. The fourth-order valence-corrected chi connectivity index (χ4v) is 1.97. The van der Waals surface area contributed by atoms with Gasteiger partial charge in [0, 0.05) is 24.4 Å². The van der Waals surface area contributed by atoms with Gasteiger partial charge in [0.05, 0.1) is 17.8 Å². The number of carbonyl (C=O) groups excluding carboxylic acids is 1. The highest BCUT2D eigenvalue weighted by atomic mass is 19.1. The Morgan fingerprint density at radius 2 is 2.10 bits per heavy atom. The number of nitrogens with one attached hydrogen (secondary N) is 1. The van der Waals surface area contributed by atoms with E-state index < -0.39 is 17.5 Å². The van der Waals surface area contributed by atoms with Crippen LogP contribution >= 0.6 is 0 Å². The van der Waals surface area contributed by atoms with Crippen LogP contribution < -0.4 is 5.32 Å². The molecule has 0 radical (unpaired) electrons. The second-order valence-electron chi connectivity index (χ2n) is 4.63. The quantitative estimate of drug-likeness (QED) is 0.938. The molecule has 20 heavy (non-hydrogen) atoms. The van der Waals surface area contributed by atoms with Gasteiger partial charge in [-0.25, -0.2) is 8.78 Å². The number of carbonyl (C=O) groups is 1. The van der Waals surface area contributed by atoms with Crippen molar-refractivity contribution in [3.63, 3.8) is 0 Å². The molecular weight excluding hydrogens is 264 g/mol. The fourth-order valence-electron chi connectivity index (χ4n) is 1.97. The van der Waals surface area contributed by atoms with E-state index in [4.69, 9.17) is 0 Å². The molecule has 1 heterocycles. The highest BCUT2D eigenvalue weighted by molar-refractivity contribution is 5.94. The predicted molar refractivity (Wildman–Crippen MR) is 70.2 cm³/mol. The van der Waals surface area contributed by atoms with E-state index in [1.807, 2.05) is 6.92 Å². The molecule has 1 N–H and O–H groups in total. The van der Waals surface area contributed by atoms with Crippen molar-refractivity contribution >= 4 is 5.91 Å². The zero-order valence-corrected chi connectivity index (χ0v) is 11.4. The van der Waals surface area contributed by atoms with Crippen LogP contribution in [0.15, 0.2) is 24.4 Å². The lowest BCUT2D eigenvalue weighted by molar-refractivity contribution is 0.0935. The van der Waals surface area contributed by atoms with E-state index in [0.717, 1.165) is 23.4 Å².